The van der Waals surface area contributed by atoms with Gasteiger partial charge in [0.2, 0.25) is 0 Å². The first-order valence-electron chi connectivity index (χ1n) is 14.7. The van der Waals surface area contributed by atoms with Crippen molar-refractivity contribution >= 4 is 27.9 Å². The zero-order chi connectivity index (χ0) is 32.1. The fourth-order valence-corrected chi connectivity index (χ4v) is 6.98. The van der Waals surface area contributed by atoms with Gasteiger partial charge in [-0.2, -0.15) is 46.4 Å². The Hall–Kier alpha value is -1.09. The summed E-state index contributed by atoms with van der Waals surface area (Å²) in [5, 5.41) is 18.6. The molecule has 0 fully saturated rings. The van der Waals surface area contributed by atoms with E-state index in [1.165, 1.54) is 5.56 Å². The van der Waals surface area contributed by atoms with Gasteiger partial charge in [0.25, 0.3) is 8.53 Å². The summed E-state index contributed by atoms with van der Waals surface area (Å²) in [6, 6.07) is 20.0. The summed E-state index contributed by atoms with van der Waals surface area (Å²) in [5.74, 6) is 0. The summed E-state index contributed by atoms with van der Waals surface area (Å²) >= 11 is 5.46. The Morgan fingerprint density at radius 1 is 0.955 bits per heavy atom. The molecule has 2 aromatic rings. The van der Waals surface area contributed by atoms with E-state index < -0.39 is 21.8 Å². The van der Waals surface area contributed by atoms with E-state index in [-0.39, 0.29) is 68.4 Å². The molecule has 0 saturated carbocycles. The molecule has 3 unspecified atom stereocenters. The second-order valence-corrected chi connectivity index (χ2v) is 14.3. The first kappa shape index (κ1) is 42.9. The topological polar surface area (TPSA) is 114 Å². The van der Waals surface area contributed by atoms with Crippen LogP contribution < -0.4 is 0 Å². The van der Waals surface area contributed by atoms with Gasteiger partial charge < -0.3 is 9.05 Å². The van der Waals surface area contributed by atoms with Gasteiger partial charge in [-0.15, -0.1) is 11.6 Å². The molecule has 0 aliphatic rings. The molecule has 0 N–H and O–H groups in total. The summed E-state index contributed by atoms with van der Waals surface area (Å²) in [5.41, 5.74) is 0.692. The second-order valence-electron chi connectivity index (χ2n) is 10.8. The number of aryl methyl sites for hydroxylation is 1. The van der Waals surface area contributed by atoms with Gasteiger partial charge in [0.15, 0.2) is 0 Å². The molecule has 0 radical (unpaired) electrons. The minimum atomic E-state index is -3.86. The van der Waals surface area contributed by atoms with Crippen LogP contribution >= 0.6 is 27.9 Å². The van der Waals surface area contributed by atoms with Gasteiger partial charge in [0, 0.05) is 17.5 Å². The van der Waals surface area contributed by atoms with E-state index in [9.17, 15) is 4.57 Å². The third-order valence-electron chi connectivity index (χ3n) is 6.29. The molecule has 9 nitrogen and oxygen atoms in total. The van der Waals surface area contributed by atoms with Gasteiger partial charge in [-0.1, -0.05) is 18.9 Å². The third-order valence-corrected chi connectivity index (χ3v) is 10.0. The quantitative estimate of drug-likeness (QED) is 0.0541. The van der Waals surface area contributed by atoms with Crippen LogP contribution in [-0.4, -0.2) is 49.8 Å². The van der Waals surface area contributed by atoms with Crippen molar-refractivity contribution < 1.29 is 44.3 Å². The smallest absolute Gasteiger partial charge is 0.321 e. The molecule has 0 heterocycles. The van der Waals surface area contributed by atoms with Crippen molar-refractivity contribution in [2.45, 2.75) is 85.7 Å². The first-order valence-corrected chi connectivity index (χ1v) is 17.7. The van der Waals surface area contributed by atoms with Crippen LogP contribution in [0, 0.1) is 28.1 Å². The summed E-state index contributed by atoms with van der Waals surface area (Å²) < 4.78 is 44.6. The number of phosphoric ester groups is 1. The van der Waals surface area contributed by atoms with E-state index in [1.807, 2.05) is 68.4 Å². The standard InChI is InChI=1S/C26H44N3O6P2.C5H4Cl.Fe/c1-7-26(6,21-32-36(31-18-11-16-27)29(23(2)3)24(4)5)22-35-37(30,34-20-12-17-28)33-19-10-15-25-13-8-9-14-25;6-5-3-1-2-4-5;/h8-9,13-14,23-24H,7,10-12,15,18-22H2,1-6H3;1-4H;/q2*-1;+2. The van der Waals surface area contributed by atoms with Gasteiger partial charge in [-0.05, 0) is 47.0 Å². The summed E-state index contributed by atoms with van der Waals surface area (Å²) in [7, 11) is -5.27. The van der Waals surface area contributed by atoms with Crippen molar-refractivity contribution in [1.29, 1.82) is 10.5 Å². The van der Waals surface area contributed by atoms with Crippen molar-refractivity contribution in [2.24, 2.45) is 5.41 Å². The van der Waals surface area contributed by atoms with E-state index in [4.69, 9.17) is 44.7 Å². The fourth-order valence-electron chi connectivity index (χ4n) is 3.70. The van der Waals surface area contributed by atoms with E-state index >= 15 is 0 Å². The van der Waals surface area contributed by atoms with Crippen LogP contribution in [0.2, 0.25) is 5.02 Å². The molecular weight excluding hydrogens is 664 g/mol. The number of nitrogens with zero attached hydrogens (tertiary/aromatic N) is 3. The van der Waals surface area contributed by atoms with Crippen LogP contribution in [0.3, 0.4) is 0 Å². The molecule has 0 bridgehead atoms. The number of hydrogen-bond donors (Lipinski definition) is 0. The van der Waals surface area contributed by atoms with E-state index in [0.29, 0.717) is 19.4 Å². The Labute approximate surface area is 281 Å². The predicted molar refractivity (Wildman–Crippen MR) is 173 cm³/mol. The Morgan fingerprint density at radius 2 is 1.57 bits per heavy atom. The molecule has 0 aliphatic heterocycles. The third kappa shape index (κ3) is 18.2. The molecule has 2 rings (SSSR count). The first-order chi connectivity index (χ1) is 20.5. The average Bonchev–Trinajstić information content (AvgIpc) is 3.67. The molecule has 3 atom stereocenters. The molecule has 0 aromatic heterocycles. The van der Waals surface area contributed by atoms with Crippen molar-refractivity contribution in [3.63, 3.8) is 0 Å². The number of hydrogen-bond acceptors (Lipinski definition) is 9. The zero-order valence-electron chi connectivity index (χ0n) is 26.8. The Kier molecular flexibility index (Phi) is 23.5. The molecule has 44 heavy (non-hydrogen) atoms. The number of nitriles is 2. The maximum absolute atomic E-state index is 13.3. The van der Waals surface area contributed by atoms with E-state index in [0.717, 1.165) is 11.4 Å². The Bertz CT molecular complexity index is 1100. The van der Waals surface area contributed by atoms with Gasteiger partial charge >= 0.3 is 24.9 Å². The number of rotatable bonds is 21. The van der Waals surface area contributed by atoms with Crippen LogP contribution in [0.5, 0.6) is 0 Å². The monoisotopic (exact) mass is 711 g/mol. The minimum absolute atomic E-state index is 0. The molecular formula is C31H48ClFeN3O6P2. The molecule has 248 valence electrons. The maximum Gasteiger partial charge on any atom is 2.00 e. The SMILES string of the molecule is CCC(C)(COP(OCCC#N)N(C(C)C)C(C)C)COP(=O)(OCCC#N)OCCCc1ccc[cH-]1.Clc1ccc[cH-]1.[Fe+2]. The normalized spacial score (nSPS) is 14.5. The summed E-state index contributed by atoms with van der Waals surface area (Å²) in [4.78, 5) is 0. The zero-order valence-corrected chi connectivity index (χ0v) is 30.4. The molecule has 0 spiro atoms. The summed E-state index contributed by atoms with van der Waals surface area (Å²) in [6.07, 6.45) is 2.52. The van der Waals surface area contributed by atoms with Crippen molar-refractivity contribution in [3.05, 3.63) is 59.1 Å². The summed E-state index contributed by atoms with van der Waals surface area (Å²) in [6.45, 7) is 13.2. The fraction of sp³-hybridized carbons (Fsp3) is 0.613. The number of phosphoric acid groups is 1. The van der Waals surface area contributed by atoms with Crippen LogP contribution in [0.1, 0.15) is 72.8 Å². The van der Waals surface area contributed by atoms with Crippen LogP contribution in [0.15, 0.2) is 48.5 Å². The van der Waals surface area contributed by atoms with Gasteiger partial charge in [0.05, 0.1) is 58.0 Å². The largest absolute Gasteiger partial charge is 2.00 e. The minimum Gasteiger partial charge on any atom is -0.321 e. The van der Waals surface area contributed by atoms with Crippen molar-refractivity contribution in [1.82, 2.24) is 4.67 Å². The average molecular weight is 712 g/mol. The van der Waals surface area contributed by atoms with E-state index in [1.54, 1.807) is 0 Å². The van der Waals surface area contributed by atoms with Crippen LogP contribution in [0.25, 0.3) is 0 Å². The van der Waals surface area contributed by atoms with Gasteiger partial charge in [-0.3, -0.25) is 13.6 Å². The van der Waals surface area contributed by atoms with Crippen LogP contribution in [-0.2, 0) is 50.7 Å². The molecule has 0 saturated heterocycles. The van der Waals surface area contributed by atoms with Crippen LogP contribution in [0.4, 0.5) is 0 Å². The number of halogens is 1. The maximum atomic E-state index is 13.3. The second kappa shape index (κ2) is 24.1. The van der Waals surface area contributed by atoms with Crippen molar-refractivity contribution in [2.75, 3.05) is 33.0 Å². The molecule has 2 aromatic carbocycles. The van der Waals surface area contributed by atoms with Gasteiger partial charge in [0.1, 0.15) is 0 Å². The molecule has 0 aliphatic carbocycles. The Morgan fingerprint density at radius 3 is 2.07 bits per heavy atom. The Balaban J connectivity index is 0.00000234. The van der Waals surface area contributed by atoms with Crippen molar-refractivity contribution in [3.8, 4) is 12.1 Å². The van der Waals surface area contributed by atoms with E-state index in [2.05, 4.69) is 38.4 Å². The van der Waals surface area contributed by atoms with Gasteiger partial charge in [-0.25, -0.2) is 27.4 Å². The molecule has 0 amide bonds. The predicted octanol–water partition coefficient (Wildman–Crippen LogP) is 9.17. The molecule has 13 heteroatoms.